The lowest BCUT2D eigenvalue weighted by Gasteiger charge is -2.34. The number of para-hydroxylation sites is 1. The predicted molar refractivity (Wildman–Crippen MR) is 152 cm³/mol. The van der Waals surface area contributed by atoms with Crippen LogP contribution in [0.4, 0.5) is 5.82 Å². The second-order valence-corrected chi connectivity index (χ2v) is 9.90. The number of pyridine rings is 1. The molecule has 9 heteroatoms. The van der Waals surface area contributed by atoms with E-state index >= 15 is 0 Å². The number of hydrogen-bond donors (Lipinski definition) is 1. The SMILES string of the molecule is CCN(CC)C(=O)C1CCCN(c2ccc(-n3cc(CC(=O)NCc4cccnc4)c4ccccc43)nn2)C1. The molecule has 1 aliphatic rings. The fourth-order valence-corrected chi connectivity index (χ4v) is 5.32. The Bertz CT molecular complexity index is 1410. The van der Waals surface area contributed by atoms with Gasteiger partial charge in [0.2, 0.25) is 11.8 Å². The summed E-state index contributed by atoms with van der Waals surface area (Å²) in [5, 5.41) is 13.1. The Hall–Kier alpha value is -4.27. The first kappa shape index (κ1) is 26.3. The van der Waals surface area contributed by atoms with Crippen molar-refractivity contribution in [1.29, 1.82) is 0 Å². The van der Waals surface area contributed by atoms with Gasteiger partial charge < -0.3 is 15.1 Å². The molecule has 0 spiro atoms. The van der Waals surface area contributed by atoms with Crippen LogP contribution < -0.4 is 10.2 Å². The molecule has 4 aromatic rings. The topological polar surface area (TPSA) is 96.2 Å². The quantitative estimate of drug-likeness (QED) is 0.358. The highest BCUT2D eigenvalue weighted by Gasteiger charge is 2.29. The summed E-state index contributed by atoms with van der Waals surface area (Å²) in [5.74, 6) is 1.62. The molecule has 39 heavy (non-hydrogen) atoms. The first-order valence-corrected chi connectivity index (χ1v) is 13.7. The highest BCUT2D eigenvalue weighted by Crippen LogP contribution is 2.26. The average molecular weight is 526 g/mol. The third-order valence-corrected chi connectivity index (χ3v) is 7.41. The van der Waals surface area contributed by atoms with Gasteiger partial charge in [0.05, 0.1) is 17.9 Å². The van der Waals surface area contributed by atoms with Gasteiger partial charge in [-0.25, -0.2) is 0 Å². The van der Waals surface area contributed by atoms with Crippen LogP contribution >= 0.6 is 0 Å². The Morgan fingerprint density at radius 1 is 1.03 bits per heavy atom. The minimum absolute atomic E-state index is 0.0135. The highest BCUT2D eigenvalue weighted by atomic mass is 16.2. The Kier molecular flexibility index (Phi) is 8.15. The molecule has 1 saturated heterocycles. The van der Waals surface area contributed by atoms with Crippen LogP contribution in [-0.4, -0.2) is 62.6 Å². The van der Waals surface area contributed by atoms with Gasteiger partial charge in [-0.1, -0.05) is 24.3 Å². The second-order valence-electron chi connectivity index (χ2n) is 9.90. The van der Waals surface area contributed by atoms with E-state index in [0.29, 0.717) is 18.9 Å². The molecule has 0 aliphatic carbocycles. The van der Waals surface area contributed by atoms with Gasteiger partial charge in [0.1, 0.15) is 0 Å². The number of hydrogen-bond acceptors (Lipinski definition) is 6. The van der Waals surface area contributed by atoms with Gasteiger partial charge in [-0.15, -0.1) is 10.2 Å². The van der Waals surface area contributed by atoms with Crippen LogP contribution in [0.3, 0.4) is 0 Å². The summed E-state index contributed by atoms with van der Waals surface area (Å²) in [5.41, 5.74) is 2.85. The van der Waals surface area contributed by atoms with Crippen molar-refractivity contribution < 1.29 is 9.59 Å². The number of aromatic nitrogens is 4. The highest BCUT2D eigenvalue weighted by molar-refractivity contribution is 5.90. The van der Waals surface area contributed by atoms with Crippen LogP contribution in [0.15, 0.2) is 67.1 Å². The first-order valence-electron chi connectivity index (χ1n) is 13.7. The van der Waals surface area contributed by atoms with Crippen molar-refractivity contribution >= 4 is 28.5 Å². The summed E-state index contributed by atoms with van der Waals surface area (Å²) >= 11 is 0. The molecule has 5 rings (SSSR count). The number of anilines is 1. The molecule has 1 atom stereocenters. The fourth-order valence-electron chi connectivity index (χ4n) is 5.32. The van der Waals surface area contributed by atoms with E-state index in [4.69, 9.17) is 0 Å². The van der Waals surface area contributed by atoms with Crippen LogP contribution in [0, 0.1) is 5.92 Å². The molecule has 0 radical (unpaired) electrons. The van der Waals surface area contributed by atoms with Gasteiger partial charge in [0.15, 0.2) is 11.6 Å². The molecular formula is C30H35N7O2. The zero-order valence-corrected chi connectivity index (χ0v) is 22.6. The molecule has 3 aromatic heterocycles. The van der Waals surface area contributed by atoms with Crippen LogP contribution in [0.5, 0.6) is 0 Å². The molecule has 9 nitrogen and oxygen atoms in total. The van der Waals surface area contributed by atoms with E-state index in [1.54, 1.807) is 12.4 Å². The number of nitrogens with zero attached hydrogens (tertiary/aromatic N) is 6. The molecule has 4 heterocycles. The Balaban J connectivity index is 1.31. The van der Waals surface area contributed by atoms with E-state index in [1.807, 2.05) is 78.0 Å². The Morgan fingerprint density at radius 2 is 1.82 bits per heavy atom. The maximum atomic E-state index is 12.9. The summed E-state index contributed by atoms with van der Waals surface area (Å²) in [7, 11) is 0. The van der Waals surface area contributed by atoms with Crippen molar-refractivity contribution in [2.75, 3.05) is 31.1 Å². The Labute approximate surface area is 228 Å². The zero-order chi connectivity index (χ0) is 27.2. The number of fused-ring (bicyclic) bond motifs is 1. The maximum absolute atomic E-state index is 12.9. The second kappa shape index (κ2) is 12.1. The van der Waals surface area contributed by atoms with Crippen molar-refractivity contribution in [2.24, 2.45) is 5.92 Å². The van der Waals surface area contributed by atoms with E-state index in [9.17, 15) is 9.59 Å². The third-order valence-electron chi connectivity index (χ3n) is 7.41. The summed E-state index contributed by atoms with van der Waals surface area (Å²) in [6, 6.07) is 15.7. The van der Waals surface area contributed by atoms with E-state index < -0.39 is 0 Å². The van der Waals surface area contributed by atoms with Gasteiger partial charge in [-0.05, 0) is 62.1 Å². The first-order chi connectivity index (χ1) is 19.1. The van der Waals surface area contributed by atoms with E-state index in [0.717, 1.165) is 60.3 Å². The fraction of sp³-hybridized carbons (Fsp3) is 0.367. The number of carbonyl (C=O) groups excluding carboxylic acids is 2. The normalized spacial score (nSPS) is 15.3. The van der Waals surface area contributed by atoms with Gasteiger partial charge in [0, 0.05) is 56.7 Å². The molecule has 1 N–H and O–H groups in total. The molecular weight excluding hydrogens is 490 g/mol. The molecule has 202 valence electrons. The van der Waals surface area contributed by atoms with Gasteiger partial charge in [-0.2, -0.15) is 0 Å². The van der Waals surface area contributed by atoms with Crippen molar-refractivity contribution in [3.63, 3.8) is 0 Å². The van der Waals surface area contributed by atoms with E-state index in [2.05, 4.69) is 25.4 Å². The largest absolute Gasteiger partial charge is 0.354 e. The monoisotopic (exact) mass is 525 g/mol. The minimum Gasteiger partial charge on any atom is -0.354 e. The van der Waals surface area contributed by atoms with Crippen LogP contribution in [0.2, 0.25) is 0 Å². The number of amides is 2. The van der Waals surface area contributed by atoms with E-state index in [1.165, 1.54) is 0 Å². The molecule has 1 aromatic carbocycles. The van der Waals surface area contributed by atoms with Crippen molar-refractivity contribution in [2.45, 2.75) is 39.7 Å². The molecule has 1 aliphatic heterocycles. The summed E-state index contributed by atoms with van der Waals surface area (Å²) < 4.78 is 1.98. The minimum atomic E-state index is -0.0536. The number of rotatable bonds is 9. The van der Waals surface area contributed by atoms with Crippen molar-refractivity contribution in [3.05, 3.63) is 78.2 Å². The predicted octanol–water partition coefficient (Wildman–Crippen LogP) is 3.76. The summed E-state index contributed by atoms with van der Waals surface area (Å²) in [6.45, 7) is 7.48. The van der Waals surface area contributed by atoms with Crippen molar-refractivity contribution in [1.82, 2.24) is 30.0 Å². The standard InChI is InChI=1S/C30H35N7O2/c1-3-35(4-2)30(39)23-10-8-16-36(20-23)27-13-14-28(34-33-27)37-21-24(25-11-5-6-12-26(25)37)17-29(38)32-19-22-9-7-15-31-18-22/h5-7,9,11-15,18,21,23H,3-4,8,10,16-17,19-20H2,1-2H3,(H,32,38). The lowest BCUT2D eigenvalue weighted by molar-refractivity contribution is -0.135. The summed E-state index contributed by atoms with van der Waals surface area (Å²) in [4.78, 5) is 33.8. The molecule has 1 unspecified atom stereocenters. The molecule has 1 fully saturated rings. The zero-order valence-electron chi connectivity index (χ0n) is 22.6. The van der Waals surface area contributed by atoms with Crippen LogP contribution in [0.1, 0.15) is 37.8 Å². The van der Waals surface area contributed by atoms with E-state index in [-0.39, 0.29) is 24.2 Å². The van der Waals surface area contributed by atoms with Gasteiger partial charge >= 0.3 is 0 Å². The number of nitrogens with one attached hydrogen (secondary N) is 1. The van der Waals surface area contributed by atoms with Crippen LogP contribution in [-0.2, 0) is 22.6 Å². The number of piperidine rings is 1. The smallest absolute Gasteiger partial charge is 0.227 e. The van der Waals surface area contributed by atoms with Crippen molar-refractivity contribution in [3.8, 4) is 5.82 Å². The van der Waals surface area contributed by atoms with Crippen LogP contribution in [0.25, 0.3) is 16.7 Å². The maximum Gasteiger partial charge on any atom is 0.227 e. The average Bonchev–Trinajstić information content (AvgIpc) is 3.35. The lowest BCUT2D eigenvalue weighted by Crippen LogP contribution is -2.45. The number of carbonyl (C=O) groups is 2. The molecule has 2 amide bonds. The molecule has 0 bridgehead atoms. The van der Waals surface area contributed by atoms with Gasteiger partial charge in [-0.3, -0.25) is 19.1 Å². The lowest BCUT2D eigenvalue weighted by atomic mass is 9.96. The Morgan fingerprint density at radius 3 is 2.56 bits per heavy atom. The van der Waals surface area contributed by atoms with Gasteiger partial charge in [0.25, 0.3) is 0 Å². The molecule has 0 saturated carbocycles. The summed E-state index contributed by atoms with van der Waals surface area (Å²) in [6.07, 6.45) is 7.56. The third kappa shape index (κ3) is 5.92. The number of benzene rings is 1.